The third-order valence-electron chi connectivity index (χ3n) is 2.80. The molecule has 0 unspecified atom stereocenters. The first-order valence-electron chi connectivity index (χ1n) is 6.06. The molecule has 0 aliphatic rings. The number of hydrogen-bond donors (Lipinski definition) is 1. The van der Waals surface area contributed by atoms with Crippen LogP contribution in [0.2, 0.25) is 0 Å². The van der Waals surface area contributed by atoms with Crippen LogP contribution in [0.4, 0.5) is 0 Å². The Labute approximate surface area is 103 Å². The Morgan fingerprint density at radius 2 is 1.82 bits per heavy atom. The summed E-state index contributed by atoms with van der Waals surface area (Å²) in [7, 11) is 0. The Hall–Kier alpha value is -0.940. The standard InChI is InChI=1S/C12H23N3O2/c1-6-12(13,7-2)10-14-9(17-15-10)8-16-11(3,4)5/h6-8,13H2,1-5H3. The second-order valence-corrected chi connectivity index (χ2v) is 5.28. The lowest BCUT2D eigenvalue weighted by atomic mass is 9.94. The third kappa shape index (κ3) is 3.78. The van der Waals surface area contributed by atoms with Crippen LogP contribution in [0.15, 0.2) is 4.52 Å². The zero-order valence-electron chi connectivity index (χ0n) is 11.4. The molecule has 0 saturated carbocycles. The van der Waals surface area contributed by atoms with Gasteiger partial charge in [-0.15, -0.1) is 0 Å². The molecule has 0 radical (unpaired) electrons. The van der Waals surface area contributed by atoms with Crippen molar-refractivity contribution in [2.24, 2.45) is 5.73 Å². The summed E-state index contributed by atoms with van der Waals surface area (Å²) < 4.78 is 10.7. The number of nitrogens with two attached hydrogens (primary N) is 1. The van der Waals surface area contributed by atoms with Gasteiger partial charge in [0.1, 0.15) is 6.61 Å². The number of nitrogens with zero attached hydrogens (tertiary/aromatic N) is 2. The van der Waals surface area contributed by atoms with Crippen LogP contribution >= 0.6 is 0 Å². The molecule has 0 aliphatic carbocycles. The molecule has 1 aromatic heterocycles. The molecule has 98 valence electrons. The predicted molar refractivity (Wildman–Crippen MR) is 65.3 cm³/mol. The van der Waals surface area contributed by atoms with E-state index < -0.39 is 5.54 Å². The summed E-state index contributed by atoms with van der Waals surface area (Å²) in [6.45, 7) is 10.3. The first kappa shape index (κ1) is 14.1. The first-order chi connectivity index (χ1) is 7.80. The highest BCUT2D eigenvalue weighted by Crippen LogP contribution is 2.23. The average Bonchev–Trinajstić information content (AvgIpc) is 2.73. The van der Waals surface area contributed by atoms with Gasteiger partial charge in [-0.1, -0.05) is 19.0 Å². The van der Waals surface area contributed by atoms with Crippen LogP contribution in [-0.4, -0.2) is 15.7 Å². The van der Waals surface area contributed by atoms with Crippen LogP contribution < -0.4 is 5.73 Å². The zero-order chi connectivity index (χ0) is 13.1. The van der Waals surface area contributed by atoms with Gasteiger partial charge < -0.3 is 15.0 Å². The van der Waals surface area contributed by atoms with Gasteiger partial charge in [0.15, 0.2) is 5.82 Å². The van der Waals surface area contributed by atoms with Crippen molar-refractivity contribution in [3.63, 3.8) is 0 Å². The Morgan fingerprint density at radius 3 is 2.29 bits per heavy atom. The lowest BCUT2D eigenvalue weighted by Gasteiger charge is -2.21. The Balaban J connectivity index is 2.71. The lowest BCUT2D eigenvalue weighted by Crippen LogP contribution is -2.36. The molecule has 5 nitrogen and oxygen atoms in total. The second-order valence-electron chi connectivity index (χ2n) is 5.28. The Kier molecular flexibility index (Phi) is 4.27. The molecular weight excluding hydrogens is 218 g/mol. The molecule has 0 atom stereocenters. The minimum atomic E-state index is -0.497. The summed E-state index contributed by atoms with van der Waals surface area (Å²) in [4.78, 5) is 4.30. The van der Waals surface area contributed by atoms with E-state index in [1.165, 1.54) is 0 Å². The molecule has 2 N–H and O–H groups in total. The molecule has 0 amide bonds. The maximum atomic E-state index is 6.19. The van der Waals surface area contributed by atoms with Gasteiger partial charge in [-0.3, -0.25) is 0 Å². The van der Waals surface area contributed by atoms with E-state index >= 15 is 0 Å². The van der Waals surface area contributed by atoms with Crippen LogP contribution in [0.3, 0.4) is 0 Å². The summed E-state index contributed by atoms with van der Waals surface area (Å²) in [5.74, 6) is 1.04. The molecule has 1 rings (SSSR count). The van der Waals surface area contributed by atoms with Crippen molar-refractivity contribution in [1.82, 2.24) is 10.1 Å². The minimum absolute atomic E-state index is 0.218. The van der Waals surface area contributed by atoms with Crippen LogP contribution in [0.25, 0.3) is 0 Å². The van der Waals surface area contributed by atoms with Gasteiger partial charge in [0.05, 0.1) is 11.1 Å². The fourth-order valence-electron chi connectivity index (χ4n) is 1.36. The molecule has 0 fully saturated rings. The quantitative estimate of drug-likeness (QED) is 0.856. The molecular formula is C12H23N3O2. The second kappa shape index (κ2) is 5.14. The lowest BCUT2D eigenvalue weighted by molar-refractivity contribution is -0.0260. The smallest absolute Gasteiger partial charge is 0.252 e. The highest BCUT2D eigenvalue weighted by molar-refractivity contribution is 5.02. The van der Waals surface area contributed by atoms with E-state index in [-0.39, 0.29) is 5.60 Å². The SMILES string of the molecule is CCC(N)(CC)c1noc(COC(C)(C)C)n1. The molecule has 1 heterocycles. The van der Waals surface area contributed by atoms with Gasteiger partial charge in [-0.2, -0.15) is 4.98 Å². The van der Waals surface area contributed by atoms with Gasteiger partial charge in [-0.25, -0.2) is 0 Å². The third-order valence-corrected chi connectivity index (χ3v) is 2.80. The first-order valence-corrected chi connectivity index (χ1v) is 6.06. The molecule has 0 spiro atoms. The molecule has 0 saturated heterocycles. The van der Waals surface area contributed by atoms with E-state index in [1.807, 2.05) is 34.6 Å². The predicted octanol–water partition coefficient (Wildman–Crippen LogP) is 2.36. The summed E-state index contributed by atoms with van der Waals surface area (Å²) in [6, 6.07) is 0. The van der Waals surface area contributed by atoms with Gasteiger partial charge in [0, 0.05) is 0 Å². The van der Waals surface area contributed by atoms with E-state index in [9.17, 15) is 0 Å². The summed E-state index contributed by atoms with van der Waals surface area (Å²) in [5.41, 5.74) is 5.47. The number of hydrogen-bond acceptors (Lipinski definition) is 5. The highest BCUT2D eigenvalue weighted by atomic mass is 16.5. The van der Waals surface area contributed by atoms with Crippen LogP contribution in [0, 0.1) is 0 Å². The zero-order valence-corrected chi connectivity index (χ0v) is 11.4. The van der Waals surface area contributed by atoms with Crippen LogP contribution in [0.1, 0.15) is 59.2 Å². The molecule has 17 heavy (non-hydrogen) atoms. The Bertz CT molecular complexity index is 351. The fraction of sp³-hybridized carbons (Fsp3) is 0.833. The van der Waals surface area contributed by atoms with Gasteiger partial charge in [0.2, 0.25) is 0 Å². The van der Waals surface area contributed by atoms with E-state index in [0.717, 1.165) is 12.8 Å². The molecule has 0 bridgehead atoms. The topological polar surface area (TPSA) is 74.2 Å². The number of aromatic nitrogens is 2. The normalized spacial score (nSPS) is 13.1. The highest BCUT2D eigenvalue weighted by Gasteiger charge is 2.29. The van der Waals surface area contributed by atoms with E-state index in [1.54, 1.807) is 0 Å². The monoisotopic (exact) mass is 241 g/mol. The Morgan fingerprint density at radius 1 is 1.24 bits per heavy atom. The molecule has 0 aromatic carbocycles. The van der Waals surface area contributed by atoms with Crippen LogP contribution in [-0.2, 0) is 16.9 Å². The van der Waals surface area contributed by atoms with E-state index in [4.69, 9.17) is 15.0 Å². The molecule has 5 heteroatoms. The van der Waals surface area contributed by atoms with Crippen molar-refractivity contribution in [1.29, 1.82) is 0 Å². The number of ether oxygens (including phenoxy) is 1. The average molecular weight is 241 g/mol. The number of rotatable bonds is 5. The maximum absolute atomic E-state index is 6.19. The fourth-order valence-corrected chi connectivity index (χ4v) is 1.36. The van der Waals surface area contributed by atoms with Crippen molar-refractivity contribution in [3.05, 3.63) is 11.7 Å². The van der Waals surface area contributed by atoms with Gasteiger partial charge in [-0.05, 0) is 33.6 Å². The maximum Gasteiger partial charge on any atom is 0.252 e. The van der Waals surface area contributed by atoms with E-state index in [2.05, 4.69) is 10.1 Å². The van der Waals surface area contributed by atoms with Crippen molar-refractivity contribution < 1.29 is 9.26 Å². The van der Waals surface area contributed by atoms with Gasteiger partial charge >= 0.3 is 0 Å². The summed E-state index contributed by atoms with van der Waals surface area (Å²) in [6.07, 6.45) is 1.56. The minimum Gasteiger partial charge on any atom is -0.366 e. The largest absolute Gasteiger partial charge is 0.366 e. The summed E-state index contributed by atoms with van der Waals surface area (Å²) in [5, 5.41) is 3.94. The van der Waals surface area contributed by atoms with Crippen molar-refractivity contribution in [3.8, 4) is 0 Å². The van der Waals surface area contributed by atoms with Crippen molar-refractivity contribution in [2.75, 3.05) is 0 Å². The van der Waals surface area contributed by atoms with Crippen molar-refractivity contribution >= 4 is 0 Å². The van der Waals surface area contributed by atoms with Crippen molar-refractivity contribution in [2.45, 2.75) is 65.2 Å². The molecule has 0 aliphatic heterocycles. The molecule has 1 aromatic rings. The van der Waals surface area contributed by atoms with Gasteiger partial charge in [0.25, 0.3) is 5.89 Å². The summed E-state index contributed by atoms with van der Waals surface area (Å²) >= 11 is 0. The van der Waals surface area contributed by atoms with Crippen LogP contribution in [0.5, 0.6) is 0 Å². The van der Waals surface area contributed by atoms with E-state index in [0.29, 0.717) is 18.3 Å².